The molecule has 2 aromatic heterocycles. The van der Waals surface area contributed by atoms with Crippen molar-refractivity contribution in [3.63, 3.8) is 0 Å². The number of para-hydroxylation sites is 5. The third-order valence-corrected chi connectivity index (χ3v) is 15.7. The Morgan fingerprint density at radius 3 is 1.78 bits per heavy atom. The van der Waals surface area contributed by atoms with Gasteiger partial charge in [0.2, 0.25) is 0 Å². The zero-order chi connectivity index (χ0) is 62.8. The first-order chi connectivity index (χ1) is 42.3. The molecule has 6 nitrogen and oxygen atoms in total. The standard InChI is InChI=1S/C69H56BN5O.Pt/c1-68(2,3)43-45-39-55(46-21-9-7-10-22-46)65(56(40-45)48-35-37-49(38-36-48)69(4,5)6)73-44-72(60-31-15-16-32-61(60)73)50-25-19-26-51(41-50)76-67-57(47-23-11-8-12-24-47)42-58-54-29-20-28-53-52-27-13-14-30-59(52)74-62-33-17-18-34-63(62)75(66(58)71-67)70(74)64(53)54;/h7-42H,43H2,1-6H3;/i7D,8D,9D,10D,11D,12D,21D,22D,23D,24D,43D2;. The number of hydrogen-bond acceptors (Lipinski definition) is 4. The molecule has 3 aliphatic rings. The van der Waals surface area contributed by atoms with Gasteiger partial charge in [-0.15, -0.1) is 0 Å². The normalized spacial score (nSPS) is 15.5. The van der Waals surface area contributed by atoms with Crippen LogP contribution in [0, 0.1) is 9.22 Å². The summed E-state index contributed by atoms with van der Waals surface area (Å²) in [5, 5.41) is 0. The van der Waals surface area contributed by atoms with Crippen LogP contribution in [0.15, 0.2) is 218 Å². The molecule has 376 valence electrons. The number of fused-ring (bicyclic) bond motifs is 10. The summed E-state index contributed by atoms with van der Waals surface area (Å²) in [7, 11) is 0. The third kappa shape index (κ3) is 7.80. The molecule has 0 atom stereocenters. The summed E-state index contributed by atoms with van der Waals surface area (Å²) in [6.45, 7) is 11.5. The van der Waals surface area contributed by atoms with Crippen LogP contribution in [0.5, 0.6) is 11.6 Å². The van der Waals surface area contributed by atoms with Gasteiger partial charge in [-0.05, 0) is 17.7 Å². The number of aromatic nitrogens is 3. The van der Waals surface area contributed by atoms with Gasteiger partial charge < -0.3 is 0 Å². The van der Waals surface area contributed by atoms with Crippen LogP contribution in [0.25, 0.3) is 78.0 Å². The van der Waals surface area contributed by atoms with E-state index in [2.05, 4.69) is 80.1 Å². The van der Waals surface area contributed by atoms with Crippen LogP contribution >= 0.6 is 0 Å². The molecule has 0 saturated carbocycles. The maximum atomic E-state index is 9.73. The summed E-state index contributed by atoms with van der Waals surface area (Å²) in [4.78, 5) is 9.98. The van der Waals surface area contributed by atoms with Crippen molar-refractivity contribution < 1.29 is 40.5 Å². The molecule has 14 rings (SSSR count). The maximum absolute atomic E-state index is 9.73. The van der Waals surface area contributed by atoms with Crippen molar-refractivity contribution in [2.24, 2.45) is 5.41 Å². The number of anilines is 4. The molecule has 9 aromatic carbocycles. The minimum atomic E-state index is -2.00. The topological polar surface area (TPSA) is 38.5 Å². The molecular formula is C69H56BN5OPt. The molecule has 3 aliphatic heterocycles. The van der Waals surface area contributed by atoms with Crippen LogP contribution in [0.3, 0.4) is 0 Å². The van der Waals surface area contributed by atoms with Crippen LogP contribution in [0.4, 0.5) is 22.9 Å². The van der Waals surface area contributed by atoms with Crippen molar-refractivity contribution in [3.8, 4) is 78.6 Å². The average molecular weight is 1190 g/mol. The van der Waals surface area contributed by atoms with Crippen molar-refractivity contribution in [2.75, 3.05) is 9.62 Å². The number of nitrogens with zero attached hydrogens (tertiary/aromatic N) is 5. The Hall–Kier alpha value is -8.25. The van der Waals surface area contributed by atoms with Gasteiger partial charge in [0.15, 0.2) is 0 Å². The molecule has 77 heavy (non-hydrogen) atoms. The van der Waals surface area contributed by atoms with Crippen molar-refractivity contribution >= 4 is 46.4 Å². The Labute approximate surface area is 478 Å². The van der Waals surface area contributed by atoms with E-state index in [4.69, 9.17) is 17.9 Å². The number of pyridine rings is 1. The van der Waals surface area contributed by atoms with Crippen molar-refractivity contribution in [1.29, 1.82) is 0 Å². The molecule has 0 spiro atoms. The zero-order valence-corrected chi connectivity index (χ0v) is 45.3. The second-order valence-electron chi connectivity index (χ2n) is 21.7. The summed E-state index contributed by atoms with van der Waals surface area (Å²) in [6, 6.07) is 46.3. The molecule has 0 saturated heterocycles. The van der Waals surface area contributed by atoms with Crippen LogP contribution in [-0.4, -0.2) is 21.1 Å². The van der Waals surface area contributed by atoms with E-state index in [0.717, 1.165) is 44.8 Å². The first-order valence-corrected chi connectivity index (χ1v) is 26.8. The second kappa shape index (κ2) is 17.9. The second-order valence-corrected chi connectivity index (χ2v) is 22.7. The third-order valence-electron chi connectivity index (χ3n) is 14.6. The summed E-state index contributed by atoms with van der Waals surface area (Å²) >= 11 is 2.25. The van der Waals surface area contributed by atoms with Crippen molar-refractivity contribution in [3.05, 3.63) is 233 Å². The molecule has 0 radical (unpaired) electrons. The molecule has 0 amide bonds. The first-order valence-electron chi connectivity index (χ1n) is 31.7. The van der Waals surface area contributed by atoms with Crippen LogP contribution < -0.4 is 19.8 Å². The summed E-state index contributed by atoms with van der Waals surface area (Å²) in [6.07, 6.45) is -2.00. The molecule has 0 N–H and O–H groups in total. The fraction of sp³-hybridized carbons (Fsp3) is 0.130. The average Bonchev–Trinajstić information content (AvgIpc) is 1.60. The molecular weight excluding hydrogens is 1120 g/mol. The summed E-state index contributed by atoms with van der Waals surface area (Å²) < 4.78 is 122. The van der Waals surface area contributed by atoms with Gasteiger partial charge in [-0.2, -0.15) is 0 Å². The Morgan fingerprint density at radius 1 is 0.532 bits per heavy atom. The number of ether oxygens (including phenoxy) is 1. The fourth-order valence-corrected chi connectivity index (χ4v) is 12.5. The molecule has 0 unspecified atom stereocenters. The zero-order valence-electron chi connectivity index (χ0n) is 55.0. The van der Waals surface area contributed by atoms with Gasteiger partial charge in [0, 0.05) is 11.3 Å². The Balaban J connectivity index is 1.01. The van der Waals surface area contributed by atoms with E-state index in [-0.39, 0.29) is 46.1 Å². The van der Waals surface area contributed by atoms with Gasteiger partial charge in [0.05, 0.1) is 1.37 Å². The van der Waals surface area contributed by atoms with E-state index in [9.17, 15) is 8.22 Å². The van der Waals surface area contributed by atoms with Gasteiger partial charge in [0.25, 0.3) is 0 Å². The van der Waals surface area contributed by atoms with E-state index in [1.54, 1.807) is 12.1 Å². The monoisotopic (exact) mass is 1190 g/mol. The molecule has 0 aliphatic carbocycles. The molecule has 0 bridgehead atoms. The van der Waals surface area contributed by atoms with E-state index < -0.39 is 72.2 Å². The summed E-state index contributed by atoms with van der Waals surface area (Å²) in [5.41, 5.74) is 11.8. The van der Waals surface area contributed by atoms with Gasteiger partial charge in [-0.25, -0.2) is 0 Å². The van der Waals surface area contributed by atoms with E-state index in [0.29, 0.717) is 54.5 Å². The Morgan fingerprint density at radius 2 is 1.10 bits per heavy atom. The Bertz CT molecular complexity index is 4900. The molecule has 0 fully saturated rings. The summed E-state index contributed by atoms with van der Waals surface area (Å²) in [5.74, 6) is 0.837. The van der Waals surface area contributed by atoms with Crippen LogP contribution in [-0.2, 0) is 31.1 Å². The van der Waals surface area contributed by atoms with Crippen molar-refractivity contribution in [1.82, 2.24) is 14.1 Å². The fourth-order valence-electron chi connectivity index (χ4n) is 11.4. The number of benzene rings is 9. The SMILES string of the molecule is [2H]c1c([2H])c([2H])c(-c2cc3c(nc2Oc2cccc(-n4[c](=[Pt])n(-c5c(-c6ccc(C(C)(C)C)cc6)cc(C([2H])([2H])C(C)(C)C)cc5-c5c([2H])c([2H])c([2H])c([2H])c5[2H])c5ccccc54)c2)N2B4c5c(cccc5-3)-c3ccccc3N4c3ccccc32)c([2H])c1[2H]. The molecule has 5 heterocycles. The van der Waals surface area contributed by atoms with Gasteiger partial charge >= 0.3 is 408 Å². The number of hydrogen-bond donors (Lipinski definition) is 0. The van der Waals surface area contributed by atoms with Crippen LogP contribution in [0.2, 0.25) is 0 Å². The van der Waals surface area contributed by atoms with Crippen LogP contribution in [0.1, 0.15) is 69.1 Å². The first kappa shape index (κ1) is 35.9. The van der Waals surface area contributed by atoms with E-state index >= 15 is 0 Å². The number of imidazole rings is 1. The van der Waals surface area contributed by atoms with Gasteiger partial charge in [-0.1, -0.05) is 42.5 Å². The van der Waals surface area contributed by atoms with E-state index in [1.807, 2.05) is 145 Å². The molecule has 11 aromatic rings. The van der Waals surface area contributed by atoms with Gasteiger partial charge in [0.1, 0.15) is 0 Å². The Kier molecular flexibility index (Phi) is 8.36. The number of rotatable bonds is 8. The van der Waals surface area contributed by atoms with Gasteiger partial charge in [-0.3, -0.25) is 0 Å². The van der Waals surface area contributed by atoms with E-state index in [1.165, 1.54) is 0 Å². The predicted molar refractivity (Wildman–Crippen MR) is 315 cm³/mol. The molecule has 8 heteroatoms. The quantitative estimate of drug-likeness (QED) is 0.142. The minimum absolute atomic E-state index is 0.00552. The van der Waals surface area contributed by atoms with Crippen molar-refractivity contribution in [2.45, 2.75) is 53.3 Å². The predicted octanol–water partition coefficient (Wildman–Crippen LogP) is 17.2.